The minimum atomic E-state index is -0.774. The molecular weight excluding hydrogens is 937 g/mol. The van der Waals surface area contributed by atoms with Crippen LogP contribution in [0.5, 0.6) is 0 Å². The highest BCUT2D eigenvalue weighted by Gasteiger charge is 2.19. The Hall–Kier alpha value is -3.15. The van der Waals surface area contributed by atoms with Gasteiger partial charge in [-0.15, -0.1) is 0 Å². The largest absolute Gasteiger partial charge is 0.462 e. The zero-order chi connectivity index (χ0) is 55.0. The van der Waals surface area contributed by atoms with Gasteiger partial charge in [0.05, 0.1) is 0 Å². The van der Waals surface area contributed by atoms with E-state index >= 15 is 0 Å². The zero-order valence-electron chi connectivity index (χ0n) is 50.5. The highest BCUT2D eigenvalue weighted by Crippen LogP contribution is 2.17. The van der Waals surface area contributed by atoms with Crippen molar-refractivity contribution in [2.75, 3.05) is 13.2 Å². The molecule has 0 saturated carbocycles. The molecule has 0 saturated heterocycles. The quantitative estimate of drug-likeness (QED) is 0.0261. The number of carbonyl (C=O) groups excluding carboxylic acids is 3. The number of carbonyl (C=O) groups is 3. The van der Waals surface area contributed by atoms with Crippen LogP contribution in [-0.4, -0.2) is 37.2 Å². The number of esters is 3. The van der Waals surface area contributed by atoms with Crippen LogP contribution in [0.3, 0.4) is 0 Å². The molecule has 1 atom stereocenters. The number of hydrogen-bond donors (Lipinski definition) is 0. The molecular formula is C70H124O6. The minimum absolute atomic E-state index is 0.0725. The Labute approximate surface area is 472 Å². The number of hydrogen-bond acceptors (Lipinski definition) is 6. The minimum Gasteiger partial charge on any atom is -0.462 e. The van der Waals surface area contributed by atoms with Crippen molar-refractivity contribution in [1.82, 2.24) is 0 Å². The van der Waals surface area contributed by atoms with E-state index in [9.17, 15) is 14.4 Å². The molecule has 0 rings (SSSR count). The van der Waals surface area contributed by atoms with Gasteiger partial charge >= 0.3 is 17.9 Å². The molecule has 440 valence electrons. The third-order valence-corrected chi connectivity index (χ3v) is 14.4. The molecule has 1 unspecified atom stereocenters. The van der Waals surface area contributed by atoms with Crippen molar-refractivity contribution in [2.45, 2.75) is 341 Å². The molecule has 0 aliphatic carbocycles. The Bertz CT molecular complexity index is 1400. The van der Waals surface area contributed by atoms with E-state index in [0.717, 1.165) is 96.3 Å². The number of allylic oxidation sites excluding steroid dienone is 12. The second-order valence-electron chi connectivity index (χ2n) is 22.0. The number of unbranched alkanes of at least 4 members (excludes halogenated alkanes) is 37. The molecule has 0 fully saturated rings. The predicted octanol–water partition coefficient (Wildman–Crippen LogP) is 22.5. The Morgan fingerprint density at radius 3 is 0.855 bits per heavy atom. The van der Waals surface area contributed by atoms with Crippen molar-refractivity contribution in [1.29, 1.82) is 0 Å². The van der Waals surface area contributed by atoms with E-state index in [2.05, 4.69) is 93.7 Å². The fourth-order valence-electron chi connectivity index (χ4n) is 9.51. The van der Waals surface area contributed by atoms with Crippen LogP contribution in [-0.2, 0) is 28.6 Å². The average Bonchev–Trinajstić information content (AvgIpc) is 3.42. The molecule has 0 aromatic rings. The topological polar surface area (TPSA) is 78.9 Å². The molecule has 0 aliphatic rings. The van der Waals surface area contributed by atoms with Crippen LogP contribution >= 0.6 is 0 Å². The van der Waals surface area contributed by atoms with E-state index in [4.69, 9.17) is 14.2 Å². The summed E-state index contributed by atoms with van der Waals surface area (Å²) in [7, 11) is 0. The second-order valence-corrected chi connectivity index (χ2v) is 22.0. The average molecular weight is 1060 g/mol. The molecule has 76 heavy (non-hydrogen) atoms. The normalized spacial score (nSPS) is 12.5. The first-order valence-corrected chi connectivity index (χ1v) is 32.9. The molecule has 0 radical (unpaired) electrons. The lowest BCUT2D eigenvalue weighted by atomic mass is 10.0. The highest BCUT2D eigenvalue weighted by atomic mass is 16.6. The van der Waals surface area contributed by atoms with Gasteiger partial charge in [-0.2, -0.15) is 0 Å². The first-order chi connectivity index (χ1) is 37.5. The van der Waals surface area contributed by atoms with Gasteiger partial charge < -0.3 is 14.2 Å². The van der Waals surface area contributed by atoms with E-state index in [0.29, 0.717) is 19.3 Å². The molecule has 0 aliphatic heterocycles. The fraction of sp³-hybridized carbons (Fsp3) is 0.786. The molecule has 0 N–H and O–H groups in total. The summed E-state index contributed by atoms with van der Waals surface area (Å²) in [5, 5.41) is 0. The van der Waals surface area contributed by atoms with Gasteiger partial charge in [0.25, 0.3) is 0 Å². The number of rotatable bonds is 60. The van der Waals surface area contributed by atoms with Crippen LogP contribution in [0.15, 0.2) is 72.9 Å². The molecule has 0 aromatic carbocycles. The van der Waals surface area contributed by atoms with Crippen molar-refractivity contribution < 1.29 is 28.6 Å². The van der Waals surface area contributed by atoms with Crippen LogP contribution in [0.1, 0.15) is 335 Å². The van der Waals surface area contributed by atoms with Gasteiger partial charge in [0.15, 0.2) is 6.10 Å². The number of ether oxygens (including phenoxy) is 3. The van der Waals surface area contributed by atoms with Crippen LogP contribution in [0.25, 0.3) is 0 Å². The summed E-state index contributed by atoms with van der Waals surface area (Å²) in [6.07, 6.45) is 83.6. The van der Waals surface area contributed by atoms with E-state index in [-0.39, 0.29) is 31.1 Å². The predicted molar refractivity (Wildman–Crippen MR) is 330 cm³/mol. The SMILES string of the molecule is CC/C=C\C/C=C\C/C=C\C/C=C\C/C=C\CCCCCCCCCCCCCCCCCCCC(=O)OCC(COC(=O)CCCCCCC/C=C\CCCC)OC(=O)CCCCCCCCCCCCCCCC. The molecule has 0 bridgehead atoms. The van der Waals surface area contributed by atoms with Gasteiger partial charge in [-0.25, -0.2) is 0 Å². The summed E-state index contributed by atoms with van der Waals surface area (Å²) >= 11 is 0. The third-order valence-electron chi connectivity index (χ3n) is 14.4. The van der Waals surface area contributed by atoms with Crippen LogP contribution in [0, 0.1) is 0 Å². The third kappa shape index (κ3) is 61.7. The summed E-state index contributed by atoms with van der Waals surface area (Å²) < 4.78 is 16.9. The van der Waals surface area contributed by atoms with Gasteiger partial charge in [0, 0.05) is 19.3 Å². The smallest absolute Gasteiger partial charge is 0.306 e. The van der Waals surface area contributed by atoms with E-state index in [1.165, 1.54) is 199 Å². The Kier molecular flexibility index (Phi) is 61.7. The summed E-state index contributed by atoms with van der Waals surface area (Å²) in [6, 6.07) is 0. The Morgan fingerprint density at radius 2 is 0.526 bits per heavy atom. The maximum atomic E-state index is 12.9. The lowest BCUT2D eigenvalue weighted by Gasteiger charge is -2.18. The monoisotopic (exact) mass is 1060 g/mol. The van der Waals surface area contributed by atoms with E-state index in [1.54, 1.807) is 0 Å². The van der Waals surface area contributed by atoms with Crippen molar-refractivity contribution in [3.05, 3.63) is 72.9 Å². The fourth-order valence-corrected chi connectivity index (χ4v) is 9.51. The summed E-state index contributed by atoms with van der Waals surface area (Å²) in [4.78, 5) is 38.2. The van der Waals surface area contributed by atoms with E-state index < -0.39 is 6.10 Å². The maximum Gasteiger partial charge on any atom is 0.306 e. The van der Waals surface area contributed by atoms with Crippen LogP contribution < -0.4 is 0 Å². The van der Waals surface area contributed by atoms with Crippen LogP contribution in [0.4, 0.5) is 0 Å². The lowest BCUT2D eigenvalue weighted by Crippen LogP contribution is -2.30. The highest BCUT2D eigenvalue weighted by molar-refractivity contribution is 5.71. The first kappa shape index (κ1) is 72.8. The van der Waals surface area contributed by atoms with Gasteiger partial charge in [0.1, 0.15) is 13.2 Å². The molecule has 0 aromatic heterocycles. The summed E-state index contributed by atoms with van der Waals surface area (Å²) in [6.45, 7) is 6.52. The Morgan fingerprint density at radius 1 is 0.276 bits per heavy atom. The first-order valence-electron chi connectivity index (χ1n) is 32.9. The van der Waals surface area contributed by atoms with Gasteiger partial charge in [-0.3, -0.25) is 14.4 Å². The lowest BCUT2D eigenvalue weighted by molar-refractivity contribution is -0.167. The standard InChI is InChI=1S/C70H124O6/c1-4-7-10-13-16-19-22-24-26-27-28-29-30-31-32-33-34-35-36-37-38-39-40-41-42-43-44-46-48-51-54-57-60-63-69(72)75-66-67(65-74-68(71)62-59-56-53-50-47-21-18-15-12-9-6-3)76-70(73)64-61-58-55-52-49-45-25-23-20-17-14-11-8-5-2/h7,10,15-16,18-19,24,26,28-29,31-32,67H,4-6,8-9,11-14,17,20-23,25,27,30,33-66H2,1-3H3/b10-7-,18-15-,19-16-,26-24-,29-28-,32-31-. The Balaban J connectivity index is 4.08. The molecule has 6 nitrogen and oxygen atoms in total. The zero-order valence-corrected chi connectivity index (χ0v) is 50.5. The molecule has 0 amide bonds. The van der Waals surface area contributed by atoms with Gasteiger partial charge in [-0.05, 0) is 83.5 Å². The van der Waals surface area contributed by atoms with Crippen LogP contribution in [0.2, 0.25) is 0 Å². The van der Waals surface area contributed by atoms with Crippen molar-refractivity contribution in [3.63, 3.8) is 0 Å². The van der Waals surface area contributed by atoms with Crippen molar-refractivity contribution in [2.24, 2.45) is 0 Å². The molecule has 0 spiro atoms. The second kappa shape index (κ2) is 64.4. The molecule has 6 heteroatoms. The summed E-state index contributed by atoms with van der Waals surface area (Å²) in [5.41, 5.74) is 0. The van der Waals surface area contributed by atoms with Crippen molar-refractivity contribution in [3.8, 4) is 0 Å². The van der Waals surface area contributed by atoms with Gasteiger partial charge in [-0.1, -0.05) is 306 Å². The summed E-state index contributed by atoms with van der Waals surface area (Å²) in [5.74, 6) is -0.865. The van der Waals surface area contributed by atoms with E-state index in [1.807, 2.05) is 0 Å². The maximum absolute atomic E-state index is 12.9. The van der Waals surface area contributed by atoms with Crippen molar-refractivity contribution >= 4 is 17.9 Å². The van der Waals surface area contributed by atoms with Gasteiger partial charge in [0.2, 0.25) is 0 Å². The molecule has 0 heterocycles.